The Balaban J connectivity index is 0.00000240. The summed E-state index contributed by atoms with van der Waals surface area (Å²) in [6, 6.07) is 12.6. The zero-order chi connectivity index (χ0) is 19.3. The van der Waals surface area contributed by atoms with E-state index in [4.69, 9.17) is 0 Å². The molecule has 8 heteroatoms. The van der Waals surface area contributed by atoms with Crippen LogP contribution < -0.4 is 15.5 Å². The molecule has 1 saturated heterocycles. The third-order valence-corrected chi connectivity index (χ3v) is 5.22. The molecule has 0 aliphatic carbocycles. The Bertz CT molecular complexity index is 946. The van der Waals surface area contributed by atoms with Crippen molar-refractivity contribution < 1.29 is 0 Å². The highest BCUT2D eigenvalue weighted by molar-refractivity contribution is 14.0. The van der Waals surface area contributed by atoms with Crippen LogP contribution in [0.15, 0.2) is 53.8 Å². The summed E-state index contributed by atoms with van der Waals surface area (Å²) in [5, 5.41) is 6.94. The Morgan fingerprint density at radius 1 is 1.17 bits per heavy atom. The predicted molar refractivity (Wildman–Crippen MR) is 128 cm³/mol. The van der Waals surface area contributed by atoms with Crippen LogP contribution in [0.5, 0.6) is 0 Å². The number of aromatic nitrogens is 3. The number of halogens is 1. The van der Waals surface area contributed by atoms with Gasteiger partial charge in [0, 0.05) is 44.3 Å². The van der Waals surface area contributed by atoms with Gasteiger partial charge in [-0.15, -0.1) is 24.0 Å². The predicted octanol–water partition coefficient (Wildman–Crippen LogP) is 2.99. The van der Waals surface area contributed by atoms with Crippen molar-refractivity contribution in [2.24, 2.45) is 4.99 Å². The van der Waals surface area contributed by atoms with Gasteiger partial charge in [0.25, 0.3) is 0 Å². The molecule has 0 amide bonds. The lowest BCUT2D eigenvalue weighted by Crippen LogP contribution is -2.48. The third-order valence-electron chi connectivity index (χ3n) is 5.22. The van der Waals surface area contributed by atoms with Crippen molar-refractivity contribution in [1.82, 2.24) is 25.0 Å². The normalized spacial score (nSPS) is 15.2. The lowest BCUT2D eigenvalue weighted by Gasteiger charge is -2.33. The number of anilines is 1. The van der Waals surface area contributed by atoms with Crippen LogP contribution in [0.4, 0.5) is 5.82 Å². The van der Waals surface area contributed by atoms with Crippen molar-refractivity contribution in [1.29, 1.82) is 0 Å². The zero-order valence-electron chi connectivity index (χ0n) is 16.9. The number of hydrogen-bond donors (Lipinski definition) is 2. The standard InChI is InChI=1S/C21H27N7.HI/c1-16-6-5-8-20-25-18(15-28(16)20)14-24-21(22-2)26-17-9-12-27(13-10-17)19-7-3-4-11-23-19;/h3-8,11,15,17H,9-10,12-14H2,1-2H3,(H2,22,24,26);1H. The van der Waals surface area contributed by atoms with Crippen LogP contribution in [-0.2, 0) is 6.54 Å². The second kappa shape index (κ2) is 9.91. The molecule has 3 aromatic heterocycles. The van der Waals surface area contributed by atoms with Gasteiger partial charge < -0.3 is 19.9 Å². The number of fused-ring (bicyclic) bond motifs is 1. The molecule has 0 radical (unpaired) electrons. The first-order chi connectivity index (χ1) is 13.7. The highest BCUT2D eigenvalue weighted by atomic mass is 127. The van der Waals surface area contributed by atoms with Gasteiger partial charge in [-0.3, -0.25) is 4.99 Å². The molecule has 0 atom stereocenters. The van der Waals surface area contributed by atoms with E-state index in [1.165, 1.54) is 5.69 Å². The SMILES string of the molecule is CN=C(NCc1cn2c(C)cccc2n1)NC1CCN(c2ccccn2)CC1.I. The quantitative estimate of drug-likeness (QED) is 0.324. The van der Waals surface area contributed by atoms with Crippen molar-refractivity contribution in [2.75, 3.05) is 25.0 Å². The average molecular weight is 505 g/mol. The molecule has 1 aliphatic rings. The summed E-state index contributed by atoms with van der Waals surface area (Å²) in [6.45, 7) is 4.73. The number of imidazole rings is 1. The van der Waals surface area contributed by atoms with Crippen LogP contribution in [0, 0.1) is 6.92 Å². The fraction of sp³-hybridized carbons (Fsp3) is 0.381. The van der Waals surface area contributed by atoms with Crippen molar-refractivity contribution in [2.45, 2.75) is 32.4 Å². The molecule has 0 spiro atoms. The number of rotatable bonds is 4. The van der Waals surface area contributed by atoms with Crippen molar-refractivity contribution in [3.05, 3.63) is 60.2 Å². The summed E-state index contributed by atoms with van der Waals surface area (Å²) in [6.07, 6.45) is 6.05. The van der Waals surface area contributed by atoms with Gasteiger partial charge in [-0.2, -0.15) is 0 Å². The highest BCUT2D eigenvalue weighted by Gasteiger charge is 2.20. The zero-order valence-corrected chi connectivity index (χ0v) is 19.2. The first-order valence-corrected chi connectivity index (χ1v) is 9.79. The summed E-state index contributed by atoms with van der Waals surface area (Å²) in [5.41, 5.74) is 3.15. The fourth-order valence-corrected chi connectivity index (χ4v) is 3.64. The Morgan fingerprint density at radius 2 is 2.00 bits per heavy atom. The minimum absolute atomic E-state index is 0. The Kier molecular flexibility index (Phi) is 7.29. The lowest BCUT2D eigenvalue weighted by atomic mass is 10.1. The van der Waals surface area contributed by atoms with E-state index in [1.54, 1.807) is 0 Å². The van der Waals surface area contributed by atoms with Gasteiger partial charge in [-0.1, -0.05) is 12.1 Å². The summed E-state index contributed by atoms with van der Waals surface area (Å²) in [7, 11) is 1.81. The lowest BCUT2D eigenvalue weighted by molar-refractivity contribution is 0.459. The number of nitrogens with one attached hydrogen (secondary N) is 2. The molecule has 4 heterocycles. The van der Waals surface area contributed by atoms with Crippen LogP contribution in [0.3, 0.4) is 0 Å². The number of piperidine rings is 1. The number of hydrogen-bond acceptors (Lipinski definition) is 4. The number of aliphatic imine (C=N–C) groups is 1. The fourth-order valence-electron chi connectivity index (χ4n) is 3.64. The van der Waals surface area contributed by atoms with Gasteiger partial charge in [-0.25, -0.2) is 9.97 Å². The minimum Gasteiger partial charge on any atom is -0.356 e. The van der Waals surface area contributed by atoms with E-state index >= 15 is 0 Å². The summed E-state index contributed by atoms with van der Waals surface area (Å²) >= 11 is 0. The maximum Gasteiger partial charge on any atom is 0.191 e. The van der Waals surface area contributed by atoms with E-state index in [-0.39, 0.29) is 24.0 Å². The largest absolute Gasteiger partial charge is 0.356 e. The molecule has 4 rings (SSSR count). The van der Waals surface area contributed by atoms with Gasteiger partial charge in [-0.05, 0) is 44.0 Å². The minimum atomic E-state index is 0. The van der Waals surface area contributed by atoms with Crippen LogP contribution >= 0.6 is 24.0 Å². The molecule has 7 nitrogen and oxygen atoms in total. The van der Waals surface area contributed by atoms with Gasteiger partial charge in [0.05, 0.1) is 12.2 Å². The molecule has 0 saturated carbocycles. The summed E-state index contributed by atoms with van der Waals surface area (Å²) in [4.78, 5) is 15.8. The molecule has 1 aliphatic heterocycles. The first-order valence-electron chi connectivity index (χ1n) is 9.79. The second-order valence-corrected chi connectivity index (χ2v) is 7.15. The molecule has 3 aromatic rings. The average Bonchev–Trinajstić information content (AvgIpc) is 3.17. The van der Waals surface area contributed by atoms with Crippen molar-refractivity contribution in [3.63, 3.8) is 0 Å². The number of nitrogens with zero attached hydrogens (tertiary/aromatic N) is 5. The number of guanidine groups is 1. The first kappa shape index (κ1) is 21.4. The molecule has 2 N–H and O–H groups in total. The highest BCUT2D eigenvalue weighted by Crippen LogP contribution is 2.17. The Labute approximate surface area is 188 Å². The van der Waals surface area contributed by atoms with Gasteiger partial charge in [0.2, 0.25) is 0 Å². The van der Waals surface area contributed by atoms with E-state index in [9.17, 15) is 0 Å². The maximum atomic E-state index is 4.67. The van der Waals surface area contributed by atoms with Crippen LogP contribution in [0.1, 0.15) is 24.2 Å². The van der Waals surface area contributed by atoms with Crippen molar-refractivity contribution >= 4 is 41.4 Å². The van der Waals surface area contributed by atoms with E-state index in [1.807, 2.05) is 37.5 Å². The third kappa shape index (κ3) is 5.17. The molecule has 29 heavy (non-hydrogen) atoms. The van der Waals surface area contributed by atoms with Crippen LogP contribution in [0.25, 0.3) is 5.65 Å². The Morgan fingerprint density at radius 3 is 2.69 bits per heavy atom. The van der Waals surface area contributed by atoms with E-state index in [2.05, 4.69) is 60.1 Å². The van der Waals surface area contributed by atoms with Gasteiger partial charge in [0.15, 0.2) is 5.96 Å². The molecule has 0 aromatic carbocycles. The van der Waals surface area contributed by atoms with Crippen LogP contribution in [0.2, 0.25) is 0 Å². The molecule has 154 valence electrons. The molecule has 0 bridgehead atoms. The van der Waals surface area contributed by atoms with E-state index in [0.29, 0.717) is 12.6 Å². The molecular weight excluding hydrogens is 477 g/mol. The number of pyridine rings is 2. The van der Waals surface area contributed by atoms with Crippen LogP contribution in [-0.4, -0.2) is 46.5 Å². The van der Waals surface area contributed by atoms with E-state index < -0.39 is 0 Å². The van der Waals surface area contributed by atoms with Crippen molar-refractivity contribution in [3.8, 4) is 0 Å². The molecule has 0 unspecified atom stereocenters. The van der Waals surface area contributed by atoms with E-state index in [0.717, 1.165) is 49.0 Å². The Hall–Kier alpha value is -2.36. The smallest absolute Gasteiger partial charge is 0.191 e. The summed E-state index contributed by atoms with van der Waals surface area (Å²) < 4.78 is 2.11. The van der Waals surface area contributed by atoms with Gasteiger partial charge in [0.1, 0.15) is 11.5 Å². The summed E-state index contributed by atoms with van der Waals surface area (Å²) in [5.74, 6) is 1.88. The molecule has 1 fully saturated rings. The topological polar surface area (TPSA) is 69.8 Å². The number of aryl methyl sites for hydroxylation is 1. The maximum absolute atomic E-state index is 4.67. The monoisotopic (exact) mass is 505 g/mol. The molecular formula is C21H28IN7. The second-order valence-electron chi connectivity index (χ2n) is 7.15. The van der Waals surface area contributed by atoms with Gasteiger partial charge >= 0.3 is 0 Å².